The Kier molecular flexibility index (Phi) is 7.35. The number of ether oxygens (including phenoxy) is 2. The first-order valence-corrected chi connectivity index (χ1v) is 9.89. The second-order valence-corrected chi connectivity index (χ2v) is 8.28. The van der Waals surface area contributed by atoms with Gasteiger partial charge in [-0.2, -0.15) is 0 Å². The minimum atomic E-state index is -0.655. The van der Waals surface area contributed by atoms with E-state index >= 15 is 0 Å². The number of pyridine rings is 1. The van der Waals surface area contributed by atoms with Crippen molar-refractivity contribution in [2.75, 3.05) is 13.6 Å². The third kappa shape index (κ3) is 5.41. The Morgan fingerprint density at radius 2 is 2.11 bits per heavy atom. The second kappa shape index (κ2) is 9.32. The first-order chi connectivity index (χ1) is 13.2. The van der Waals surface area contributed by atoms with Crippen LogP contribution < -0.4 is 10.6 Å². The van der Waals surface area contributed by atoms with E-state index in [0.717, 1.165) is 24.8 Å². The van der Waals surface area contributed by atoms with E-state index in [9.17, 15) is 9.59 Å². The molecule has 2 atom stereocenters. The fourth-order valence-corrected chi connectivity index (χ4v) is 3.88. The van der Waals surface area contributed by atoms with Gasteiger partial charge in [-0.1, -0.05) is 24.7 Å². The molecular formula is C20H29N3O4S. The summed E-state index contributed by atoms with van der Waals surface area (Å²) in [6.45, 7) is 5.01. The molecule has 0 spiro atoms. The molecule has 7 nitrogen and oxygen atoms in total. The molecule has 8 heteroatoms. The number of esters is 1. The van der Waals surface area contributed by atoms with E-state index in [1.807, 2.05) is 12.1 Å². The van der Waals surface area contributed by atoms with Crippen molar-refractivity contribution in [2.24, 2.45) is 0 Å². The average Bonchev–Trinajstić information content (AvgIpc) is 2.65. The van der Waals surface area contributed by atoms with Crippen molar-refractivity contribution in [1.29, 1.82) is 0 Å². The molecule has 1 saturated carbocycles. The number of nitrogens with zero attached hydrogens (tertiary/aromatic N) is 1. The fourth-order valence-electron chi connectivity index (χ4n) is 3.53. The van der Waals surface area contributed by atoms with Crippen molar-refractivity contribution in [3.63, 3.8) is 0 Å². The third-order valence-electron chi connectivity index (χ3n) is 4.70. The lowest BCUT2D eigenvalue weighted by Crippen LogP contribution is -2.54. The van der Waals surface area contributed by atoms with Gasteiger partial charge in [0.1, 0.15) is 18.2 Å². The maximum absolute atomic E-state index is 12.4. The van der Waals surface area contributed by atoms with Gasteiger partial charge in [-0.25, -0.2) is 4.79 Å². The Labute approximate surface area is 171 Å². The number of amides is 1. The van der Waals surface area contributed by atoms with Gasteiger partial charge in [0.2, 0.25) is 0 Å². The molecule has 1 aliphatic carbocycles. The van der Waals surface area contributed by atoms with E-state index in [4.69, 9.17) is 21.7 Å². The molecule has 2 N–H and O–H groups in total. The number of carbonyl (C=O) groups excluding carboxylic acids is 2. The molecule has 2 rings (SSSR count). The van der Waals surface area contributed by atoms with Gasteiger partial charge in [0.15, 0.2) is 0 Å². The molecule has 1 aliphatic rings. The summed E-state index contributed by atoms with van der Waals surface area (Å²) in [5, 5.41) is 5.52. The fraction of sp³-hybridized carbons (Fsp3) is 0.600. The molecule has 1 aromatic rings. The molecular weight excluding hydrogens is 378 g/mol. The van der Waals surface area contributed by atoms with Gasteiger partial charge < -0.3 is 20.1 Å². The average molecular weight is 408 g/mol. The van der Waals surface area contributed by atoms with Crippen LogP contribution in [-0.2, 0) is 19.7 Å². The molecule has 1 aromatic heterocycles. The van der Waals surface area contributed by atoms with Crippen molar-refractivity contribution < 1.29 is 19.1 Å². The van der Waals surface area contributed by atoms with Gasteiger partial charge in [0.05, 0.1) is 10.4 Å². The van der Waals surface area contributed by atoms with Crippen molar-refractivity contribution in [2.45, 2.75) is 63.6 Å². The quantitative estimate of drug-likeness (QED) is 0.573. The Morgan fingerprint density at radius 1 is 1.36 bits per heavy atom. The predicted molar refractivity (Wildman–Crippen MR) is 110 cm³/mol. The van der Waals surface area contributed by atoms with E-state index in [1.165, 1.54) is 0 Å². The minimum Gasteiger partial charge on any atom is -0.460 e. The van der Waals surface area contributed by atoms with Crippen molar-refractivity contribution in [3.05, 3.63) is 30.1 Å². The Bertz CT molecular complexity index is 705. The van der Waals surface area contributed by atoms with Gasteiger partial charge in [-0.05, 0) is 51.7 Å². The summed E-state index contributed by atoms with van der Waals surface area (Å²) in [5.74, 6) is -0.523. The smallest absolute Gasteiger partial charge is 0.408 e. The zero-order valence-electron chi connectivity index (χ0n) is 16.9. The van der Waals surface area contributed by atoms with Crippen LogP contribution in [0.3, 0.4) is 0 Å². The third-order valence-corrected chi connectivity index (χ3v) is 5.26. The summed E-state index contributed by atoms with van der Waals surface area (Å²) in [6.07, 6.45) is 5.75. The predicted octanol–water partition coefficient (Wildman–Crippen LogP) is 2.88. The number of hydrogen-bond acceptors (Lipinski definition) is 6. The van der Waals surface area contributed by atoms with E-state index in [0.29, 0.717) is 11.4 Å². The number of alkyl carbamates (subject to hydrolysis) is 1. The van der Waals surface area contributed by atoms with Gasteiger partial charge in [-0.15, -0.1) is 0 Å². The summed E-state index contributed by atoms with van der Waals surface area (Å²) >= 11 is 5.65. The monoisotopic (exact) mass is 407 g/mol. The minimum absolute atomic E-state index is 0.263. The molecule has 154 valence electrons. The molecule has 28 heavy (non-hydrogen) atoms. The lowest BCUT2D eigenvalue weighted by atomic mass is 9.67. The molecule has 0 unspecified atom stereocenters. The van der Waals surface area contributed by atoms with Crippen LogP contribution in [0.5, 0.6) is 0 Å². The summed E-state index contributed by atoms with van der Waals surface area (Å²) in [7, 11) is 1.78. The van der Waals surface area contributed by atoms with Crippen molar-refractivity contribution in [3.8, 4) is 0 Å². The Hall–Kier alpha value is -2.22. The molecule has 0 radical (unpaired) electrons. The number of nitrogens with one attached hydrogen (secondary N) is 2. The highest BCUT2D eigenvalue weighted by atomic mass is 32.1. The first-order valence-electron chi connectivity index (χ1n) is 9.48. The van der Waals surface area contributed by atoms with Gasteiger partial charge in [0, 0.05) is 19.4 Å². The molecule has 0 saturated heterocycles. The summed E-state index contributed by atoms with van der Waals surface area (Å²) in [5.41, 5.74) is -0.337. The van der Waals surface area contributed by atoms with Crippen molar-refractivity contribution >= 4 is 29.3 Å². The second-order valence-electron chi connectivity index (χ2n) is 7.87. The molecule has 1 heterocycles. The van der Waals surface area contributed by atoms with E-state index in [2.05, 4.69) is 15.6 Å². The number of hydrogen-bond donors (Lipinski definition) is 2. The van der Waals surface area contributed by atoms with Crippen LogP contribution in [0.1, 0.15) is 52.0 Å². The van der Waals surface area contributed by atoms with Crippen LogP contribution in [-0.4, -0.2) is 47.3 Å². The number of likely N-dealkylation sites (N-methyl/N-ethyl adjacent to an activating group) is 1. The van der Waals surface area contributed by atoms with Crippen LogP contribution in [0.2, 0.25) is 0 Å². The van der Waals surface area contributed by atoms with E-state index in [1.54, 1.807) is 40.2 Å². The van der Waals surface area contributed by atoms with Crippen LogP contribution >= 0.6 is 12.2 Å². The maximum Gasteiger partial charge on any atom is 0.408 e. The van der Waals surface area contributed by atoms with Gasteiger partial charge >= 0.3 is 12.1 Å². The van der Waals surface area contributed by atoms with Crippen molar-refractivity contribution in [1.82, 2.24) is 15.6 Å². The van der Waals surface area contributed by atoms with Crippen LogP contribution in [0.15, 0.2) is 24.5 Å². The molecule has 0 aliphatic heterocycles. The van der Waals surface area contributed by atoms with Crippen LogP contribution in [0.25, 0.3) is 0 Å². The molecule has 1 amide bonds. The standard InChI is InChI=1S/C20H29N3O4S/c1-19(2,3)27-18(25)23-13-16(24)26-15-9-5-6-10-20(15,17(28)21-4)14-8-7-11-22-12-14/h7-8,11-12,15H,5-6,9-10,13H2,1-4H3,(H,21,28)(H,23,25)/t15-,20+/m1/s1. The highest BCUT2D eigenvalue weighted by molar-refractivity contribution is 7.80. The summed E-state index contributed by atoms with van der Waals surface area (Å²) in [6, 6.07) is 3.81. The highest BCUT2D eigenvalue weighted by Crippen LogP contribution is 2.42. The maximum atomic E-state index is 12.4. The Balaban J connectivity index is 2.13. The highest BCUT2D eigenvalue weighted by Gasteiger charge is 2.48. The molecule has 1 fully saturated rings. The molecule has 0 aromatic carbocycles. The van der Waals surface area contributed by atoms with Gasteiger partial charge in [-0.3, -0.25) is 9.78 Å². The number of carbonyl (C=O) groups is 2. The van der Waals surface area contributed by atoms with E-state index in [-0.39, 0.29) is 6.54 Å². The topological polar surface area (TPSA) is 89.6 Å². The van der Waals surface area contributed by atoms with Crippen LogP contribution in [0.4, 0.5) is 4.79 Å². The first kappa shape index (κ1) is 22.1. The zero-order chi connectivity index (χ0) is 20.8. The van der Waals surface area contributed by atoms with Crippen LogP contribution in [0, 0.1) is 0 Å². The Morgan fingerprint density at radius 3 is 2.71 bits per heavy atom. The number of aromatic nitrogens is 1. The largest absolute Gasteiger partial charge is 0.460 e. The number of thiocarbonyl (C=S) groups is 1. The SMILES string of the molecule is CNC(=S)[C@]1(c2cccnc2)CCCC[C@H]1OC(=O)CNC(=O)OC(C)(C)C. The van der Waals surface area contributed by atoms with E-state index < -0.39 is 29.2 Å². The zero-order valence-corrected chi connectivity index (χ0v) is 17.7. The lowest BCUT2D eigenvalue weighted by Gasteiger charge is -2.43. The van der Waals surface area contributed by atoms with Gasteiger partial charge in [0.25, 0.3) is 0 Å². The molecule has 0 bridgehead atoms. The number of rotatable bonds is 5. The summed E-state index contributed by atoms with van der Waals surface area (Å²) in [4.78, 5) is 29.1. The lowest BCUT2D eigenvalue weighted by molar-refractivity contribution is -0.152. The normalized spacial score (nSPS) is 22.1. The summed E-state index contributed by atoms with van der Waals surface area (Å²) < 4.78 is 10.9.